The third-order valence-electron chi connectivity index (χ3n) is 6.90. The summed E-state index contributed by atoms with van der Waals surface area (Å²) in [5, 5.41) is 18.1. The fourth-order valence-electron chi connectivity index (χ4n) is 4.83. The maximum atomic E-state index is 11.1. The van der Waals surface area contributed by atoms with E-state index in [-0.39, 0.29) is 12.0 Å². The van der Waals surface area contributed by atoms with E-state index in [1.54, 1.807) is 12.1 Å². The molecule has 0 saturated heterocycles. The molecule has 35 heavy (non-hydrogen) atoms. The molecule has 1 fully saturated rings. The highest BCUT2D eigenvalue weighted by molar-refractivity contribution is 5.87. The third-order valence-corrected chi connectivity index (χ3v) is 6.90. The lowest BCUT2D eigenvalue weighted by molar-refractivity contribution is -0.137. The predicted molar refractivity (Wildman–Crippen MR) is 137 cm³/mol. The van der Waals surface area contributed by atoms with Gasteiger partial charge in [-0.25, -0.2) is 4.79 Å². The van der Waals surface area contributed by atoms with Crippen LogP contribution in [0.25, 0.3) is 0 Å². The summed E-state index contributed by atoms with van der Waals surface area (Å²) < 4.78 is 6.21. The zero-order chi connectivity index (χ0) is 24.9. The van der Waals surface area contributed by atoms with Gasteiger partial charge in [-0.1, -0.05) is 62.4 Å². The zero-order valence-electron chi connectivity index (χ0n) is 20.7. The maximum Gasteiger partial charge on any atom is 0.335 e. The van der Waals surface area contributed by atoms with Crippen LogP contribution in [0.15, 0.2) is 48.5 Å². The van der Waals surface area contributed by atoms with Crippen LogP contribution in [-0.4, -0.2) is 46.7 Å². The summed E-state index contributed by atoms with van der Waals surface area (Å²) in [5.41, 5.74) is 2.51. The molecular formula is C29H39NO5. The molecule has 0 radical (unpaired) electrons. The van der Waals surface area contributed by atoms with E-state index < -0.39 is 11.9 Å². The van der Waals surface area contributed by atoms with Gasteiger partial charge in [0.05, 0.1) is 12.2 Å². The number of hydrogen-bond acceptors (Lipinski definition) is 4. The smallest absolute Gasteiger partial charge is 0.335 e. The molecule has 2 N–H and O–H groups in total. The molecular weight excluding hydrogens is 442 g/mol. The van der Waals surface area contributed by atoms with Gasteiger partial charge in [0.25, 0.3) is 0 Å². The second kappa shape index (κ2) is 14.5. The first-order valence-electron chi connectivity index (χ1n) is 13.0. The molecule has 0 spiro atoms. The van der Waals surface area contributed by atoms with E-state index in [1.165, 1.54) is 37.7 Å². The molecule has 2 aromatic carbocycles. The van der Waals surface area contributed by atoms with Crippen molar-refractivity contribution in [1.82, 2.24) is 4.90 Å². The summed E-state index contributed by atoms with van der Waals surface area (Å²) in [6.07, 6.45) is 10.3. The van der Waals surface area contributed by atoms with Crippen LogP contribution in [0.1, 0.15) is 79.3 Å². The number of rotatable bonds is 15. The van der Waals surface area contributed by atoms with Gasteiger partial charge < -0.3 is 14.9 Å². The Labute approximate surface area is 208 Å². The van der Waals surface area contributed by atoms with Crippen LogP contribution >= 0.6 is 0 Å². The number of carboxylic acids is 2. The highest BCUT2D eigenvalue weighted by Crippen LogP contribution is 2.27. The molecule has 3 rings (SSSR count). The molecule has 0 amide bonds. The number of benzene rings is 2. The fourth-order valence-corrected chi connectivity index (χ4v) is 4.83. The Bertz CT molecular complexity index is 921. The van der Waals surface area contributed by atoms with E-state index in [0.29, 0.717) is 13.0 Å². The molecule has 6 nitrogen and oxygen atoms in total. The lowest BCUT2D eigenvalue weighted by Crippen LogP contribution is -2.27. The Balaban J connectivity index is 1.56. The zero-order valence-corrected chi connectivity index (χ0v) is 20.7. The minimum absolute atomic E-state index is 0.179. The second-order valence-electron chi connectivity index (χ2n) is 9.63. The average Bonchev–Trinajstić information content (AvgIpc) is 2.86. The molecule has 0 aromatic heterocycles. The molecule has 190 valence electrons. The van der Waals surface area contributed by atoms with Crippen LogP contribution in [0.5, 0.6) is 5.75 Å². The summed E-state index contributed by atoms with van der Waals surface area (Å²) >= 11 is 0. The lowest BCUT2D eigenvalue weighted by atomic mass is 9.87. The van der Waals surface area contributed by atoms with Crippen molar-refractivity contribution in [1.29, 1.82) is 0 Å². The van der Waals surface area contributed by atoms with Crippen molar-refractivity contribution in [3.8, 4) is 5.75 Å². The summed E-state index contributed by atoms with van der Waals surface area (Å²) in [7, 11) is 0. The number of aromatic carboxylic acids is 1. The van der Waals surface area contributed by atoms with Crippen LogP contribution in [0.4, 0.5) is 0 Å². The normalized spacial score (nSPS) is 14.2. The van der Waals surface area contributed by atoms with Gasteiger partial charge in [0.2, 0.25) is 0 Å². The van der Waals surface area contributed by atoms with Gasteiger partial charge in [-0.05, 0) is 67.5 Å². The summed E-state index contributed by atoms with van der Waals surface area (Å²) in [4.78, 5) is 24.3. The van der Waals surface area contributed by atoms with Crippen molar-refractivity contribution in [3.63, 3.8) is 0 Å². The predicted octanol–water partition coefficient (Wildman–Crippen LogP) is 6.03. The molecule has 1 aliphatic rings. The molecule has 0 heterocycles. The van der Waals surface area contributed by atoms with Gasteiger partial charge in [-0.15, -0.1) is 0 Å². The minimum atomic E-state index is -0.929. The van der Waals surface area contributed by atoms with Gasteiger partial charge in [0, 0.05) is 19.5 Å². The summed E-state index contributed by atoms with van der Waals surface area (Å²) in [6.45, 7) is 3.06. The van der Waals surface area contributed by atoms with Gasteiger partial charge >= 0.3 is 11.9 Å². The van der Waals surface area contributed by atoms with E-state index in [9.17, 15) is 9.59 Å². The number of ether oxygens (including phenoxy) is 1. The number of nitrogens with zero attached hydrogens (tertiary/aromatic N) is 1. The van der Waals surface area contributed by atoms with Crippen LogP contribution in [0.2, 0.25) is 0 Å². The summed E-state index contributed by atoms with van der Waals surface area (Å²) in [5.74, 6) is 0.0620. The van der Waals surface area contributed by atoms with Crippen LogP contribution in [0.3, 0.4) is 0 Å². The van der Waals surface area contributed by atoms with Crippen molar-refractivity contribution >= 4 is 11.9 Å². The maximum absolute atomic E-state index is 11.1. The average molecular weight is 482 g/mol. The molecule has 0 unspecified atom stereocenters. The Kier molecular flexibility index (Phi) is 11.1. The van der Waals surface area contributed by atoms with Crippen LogP contribution in [-0.2, 0) is 17.8 Å². The highest BCUT2D eigenvalue weighted by Gasteiger charge is 2.14. The monoisotopic (exact) mass is 481 g/mol. The van der Waals surface area contributed by atoms with Crippen molar-refractivity contribution in [2.24, 2.45) is 5.92 Å². The van der Waals surface area contributed by atoms with E-state index in [1.807, 2.05) is 24.3 Å². The Morgan fingerprint density at radius 2 is 1.66 bits per heavy atom. The molecule has 6 heteroatoms. The number of carbonyl (C=O) groups is 2. The van der Waals surface area contributed by atoms with Gasteiger partial charge in [0.1, 0.15) is 5.75 Å². The largest absolute Gasteiger partial charge is 0.493 e. The number of hydrogen-bond donors (Lipinski definition) is 2. The topological polar surface area (TPSA) is 87.1 Å². The van der Waals surface area contributed by atoms with Crippen molar-refractivity contribution in [3.05, 3.63) is 65.2 Å². The van der Waals surface area contributed by atoms with Crippen LogP contribution < -0.4 is 4.74 Å². The minimum Gasteiger partial charge on any atom is -0.493 e. The van der Waals surface area contributed by atoms with Gasteiger partial charge in [-0.3, -0.25) is 9.69 Å². The molecule has 1 aliphatic carbocycles. The van der Waals surface area contributed by atoms with Crippen LogP contribution in [0, 0.1) is 5.92 Å². The van der Waals surface area contributed by atoms with Crippen molar-refractivity contribution in [2.45, 2.75) is 70.8 Å². The Morgan fingerprint density at radius 3 is 2.37 bits per heavy atom. The van der Waals surface area contributed by atoms with Gasteiger partial charge in [0.15, 0.2) is 0 Å². The fraction of sp³-hybridized carbons (Fsp3) is 0.517. The molecule has 2 aromatic rings. The Morgan fingerprint density at radius 1 is 0.914 bits per heavy atom. The first-order chi connectivity index (χ1) is 17.0. The number of carboxylic acid groups (broad SMARTS) is 2. The number of aliphatic carboxylic acids is 1. The third kappa shape index (κ3) is 9.73. The van der Waals surface area contributed by atoms with Crippen molar-refractivity contribution < 1.29 is 24.5 Å². The first kappa shape index (κ1) is 26.7. The van der Waals surface area contributed by atoms with E-state index in [2.05, 4.69) is 17.0 Å². The SMILES string of the molecule is O=C(O)CCCCN(CCc1ccccc1OCCC1CCCCC1)Cc1ccc(C(=O)O)cc1. The van der Waals surface area contributed by atoms with E-state index in [4.69, 9.17) is 14.9 Å². The number of unbranched alkanes of at least 4 members (excludes halogenated alkanes) is 1. The molecule has 0 atom stereocenters. The first-order valence-corrected chi connectivity index (χ1v) is 13.0. The number of para-hydroxylation sites is 1. The second-order valence-corrected chi connectivity index (χ2v) is 9.63. The lowest BCUT2D eigenvalue weighted by Gasteiger charge is -2.24. The van der Waals surface area contributed by atoms with E-state index in [0.717, 1.165) is 56.2 Å². The van der Waals surface area contributed by atoms with E-state index >= 15 is 0 Å². The quantitative estimate of drug-likeness (QED) is 0.302. The highest BCUT2D eigenvalue weighted by atomic mass is 16.5. The standard InChI is InChI=1S/C29H39NO5/c31-28(32)12-6-7-19-30(22-24-13-15-26(16-14-24)29(33)34)20-17-25-10-4-5-11-27(25)35-21-18-23-8-2-1-3-9-23/h4-5,10-11,13-16,23H,1-3,6-9,12,17-22H2,(H,31,32)(H,33,34). The molecule has 1 saturated carbocycles. The Hall–Kier alpha value is -2.86. The molecule has 0 aliphatic heterocycles. The van der Waals surface area contributed by atoms with Crippen molar-refractivity contribution in [2.75, 3.05) is 19.7 Å². The van der Waals surface area contributed by atoms with Gasteiger partial charge in [-0.2, -0.15) is 0 Å². The molecule has 0 bridgehead atoms. The summed E-state index contributed by atoms with van der Waals surface area (Å²) in [6, 6.07) is 15.2.